The number of ether oxygens (including phenoxy) is 1. The Hall–Kier alpha value is -1.82. The van der Waals surface area contributed by atoms with Crippen LogP contribution in [0.4, 0.5) is 0 Å². The molecule has 0 heterocycles. The van der Waals surface area contributed by atoms with E-state index in [1.165, 1.54) is 7.11 Å². The van der Waals surface area contributed by atoms with Crippen molar-refractivity contribution in [2.45, 2.75) is 19.8 Å². The van der Waals surface area contributed by atoms with Gasteiger partial charge in [-0.15, -0.1) is 0 Å². The Labute approximate surface area is 89.3 Å². The summed E-state index contributed by atoms with van der Waals surface area (Å²) in [6.45, 7) is 2.01. The molecule has 0 fully saturated rings. The molecule has 1 rings (SSSR count). The van der Waals surface area contributed by atoms with Crippen molar-refractivity contribution in [3.63, 3.8) is 0 Å². The molecule has 1 aromatic rings. The first-order valence-corrected chi connectivity index (χ1v) is 4.84. The van der Waals surface area contributed by atoms with Gasteiger partial charge in [0.1, 0.15) is 0 Å². The molecule has 0 aliphatic rings. The predicted molar refractivity (Wildman–Crippen MR) is 56.5 cm³/mol. The van der Waals surface area contributed by atoms with Crippen LogP contribution >= 0.6 is 0 Å². The van der Waals surface area contributed by atoms with Crippen molar-refractivity contribution in [1.82, 2.24) is 0 Å². The highest BCUT2D eigenvalue weighted by Gasteiger charge is 2.13. The molecule has 0 aliphatic heterocycles. The lowest BCUT2D eigenvalue weighted by Gasteiger charge is -2.08. The van der Waals surface area contributed by atoms with Gasteiger partial charge in [0.2, 0.25) is 0 Å². The molecule has 0 radical (unpaired) electrons. The molecule has 0 amide bonds. The highest BCUT2D eigenvalue weighted by molar-refractivity contribution is 5.91. The van der Waals surface area contributed by atoms with Gasteiger partial charge in [-0.05, 0) is 24.1 Å². The van der Waals surface area contributed by atoms with Gasteiger partial charge in [-0.3, -0.25) is 0 Å². The minimum atomic E-state index is -0.379. The van der Waals surface area contributed by atoms with Gasteiger partial charge in [-0.25, -0.2) is 4.79 Å². The quantitative estimate of drug-likeness (QED) is 0.708. The second-order valence-corrected chi connectivity index (χ2v) is 3.19. The Morgan fingerprint density at radius 3 is 2.80 bits per heavy atom. The topological polar surface area (TPSA) is 50.1 Å². The second kappa shape index (κ2) is 5.16. The Morgan fingerprint density at radius 2 is 2.27 bits per heavy atom. The van der Waals surface area contributed by atoms with Crippen LogP contribution in [0.3, 0.4) is 0 Å². The lowest BCUT2D eigenvalue weighted by atomic mass is 9.98. The SMILES string of the molecule is CCCc1c(C#N)cccc1C(=O)OC. The minimum absolute atomic E-state index is 0.379. The van der Waals surface area contributed by atoms with Crippen LogP contribution < -0.4 is 0 Å². The van der Waals surface area contributed by atoms with Crippen molar-refractivity contribution in [1.29, 1.82) is 5.26 Å². The number of carbonyl (C=O) groups excluding carboxylic acids is 1. The number of nitriles is 1. The van der Waals surface area contributed by atoms with E-state index >= 15 is 0 Å². The molecule has 0 atom stereocenters. The van der Waals surface area contributed by atoms with E-state index in [0.29, 0.717) is 17.5 Å². The van der Waals surface area contributed by atoms with Crippen LogP contribution in [0.25, 0.3) is 0 Å². The maximum atomic E-state index is 11.4. The van der Waals surface area contributed by atoms with Gasteiger partial charge in [0.05, 0.1) is 24.3 Å². The Kier molecular flexibility index (Phi) is 3.87. The molecular formula is C12H13NO2. The Bertz CT molecular complexity index is 405. The van der Waals surface area contributed by atoms with Crippen molar-refractivity contribution in [2.75, 3.05) is 7.11 Å². The summed E-state index contributed by atoms with van der Waals surface area (Å²) in [4.78, 5) is 11.4. The molecule has 3 heteroatoms. The summed E-state index contributed by atoms with van der Waals surface area (Å²) >= 11 is 0. The van der Waals surface area contributed by atoms with Crippen LogP contribution in [0.15, 0.2) is 18.2 Å². The summed E-state index contributed by atoms with van der Waals surface area (Å²) in [5.41, 5.74) is 1.84. The van der Waals surface area contributed by atoms with Gasteiger partial charge in [0, 0.05) is 0 Å². The summed E-state index contributed by atoms with van der Waals surface area (Å²) in [5.74, 6) is -0.379. The van der Waals surface area contributed by atoms with Crippen LogP contribution in [-0.2, 0) is 11.2 Å². The Balaban J connectivity index is 3.26. The summed E-state index contributed by atoms with van der Waals surface area (Å²) in [6, 6.07) is 7.20. The van der Waals surface area contributed by atoms with E-state index in [2.05, 4.69) is 10.8 Å². The van der Waals surface area contributed by atoms with Gasteiger partial charge in [0.25, 0.3) is 0 Å². The highest BCUT2D eigenvalue weighted by atomic mass is 16.5. The highest BCUT2D eigenvalue weighted by Crippen LogP contribution is 2.17. The lowest BCUT2D eigenvalue weighted by Crippen LogP contribution is -2.07. The smallest absolute Gasteiger partial charge is 0.338 e. The molecule has 0 aromatic heterocycles. The number of methoxy groups -OCH3 is 1. The van der Waals surface area contributed by atoms with Gasteiger partial charge in [0.15, 0.2) is 0 Å². The maximum Gasteiger partial charge on any atom is 0.338 e. The molecule has 3 nitrogen and oxygen atoms in total. The van der Waals surface area contributed by atoms with E-state index in [4.69, 9.17) is 5.26 Å². The van der Waals surface area contributed by atoms with Crippen LogP contribution in [0.2, 0.25) is 0 Å². The van der Waals surface area contributed by atoms with E-state index in [0.717, 1.165) is 12.0 Å². The molecule has 0 bridgehead atoms. The number of carbonyl (C=O) groups is 1. The molecule has 0 saturated heterocycles. The second-order valence-electron chi connectivity index (χ2n) is 3.19. The molecule has 0 unspecified atom stereocenters. The first-order valence-electron chi connectivity index (χ1n) is 4.84. The predicted octanol–water partition coefficient (Wildman–Crippen LogP) is 2.30. The number of hydrogen-bond acceptors (Lipinski definition) is 3. The largest absolute Gasteiger partial charge is 0.465 e. The average molecular weight is 203 g/mol. The van der Waals surface area contributed by atoms with Crippen LogP contribution in [0, 0.1) is 11.3 Å². The molecule has 0 aliphatic carbocycles. The normalized spacial score (nSPS) is 9.40. The fourth-order valence-electron chi connectivity index (χ4n) is 1.51. The van der Waals surface area contributed by atoms with E-state index in [9.17, 15) is 4.79 Å². The first-order chi connectivity index (χ1) is 7.24. The average Bonchev–Trinajstić information content (AvgIpc) is 2.28. The number of nitrogens with zero attached hydrogens (tertiary/aromatic N) is 1. The van der Waals surface area contributed by atoms with Crippen molar-refractivity contribution < 1.29 is 9.53 Å². The zero-order chi connectivity index (χ0) is 11.3. The van der Waals surface area contributed by atoms with Crippen LogP contribution in [0.1, 0.15) is 34.8 Å². The zero-order valence-corrected chi connectivity index (χ0v) is 8.91. The zero-order valence-electron chi connectivity index (χ0n) is 8.91. The third kappa shape index (κ3) is 2.35. The van der Waals surface area contributed by atoms with E-state index in [1.54, 1.807) is 18.2 Å². The number of rotatable bonds is 3. The molecule has 15 heavy (non-hydrogen) atoms. The summed E-state index contributed by atoms with van der Waals surface area (Å²) in [7, 11) is 1.34. The number of benzene rings is 1. The lowest BCUT2D eigenvalue weighted by molar-refractivity contribution is 0.0599. The number of esters is 1. The fraction of sp³-hybridized carbons (Fsp3) is 0.333. The van der Waals surface area contributed by atoms with Gasteiger partial charge in [-0.1, -0.05) is 19.4 Å². The maximum absolute atomic E-state index is 11.4. The third-order valence-electron chi connectivity index (χ3n) is 2.20. The Morgan fingerprint density at radius 1 is 1.53 bits per heavy atom. The third-order valence-corrected chi connectivity index (χ3v) is 2.20. The molecule has 0 saturated carbocycles. The van der Waals surface area contributed by atoms with Crippen molar-refractivity contribution in [2.24, 2.45) is 0 Å². The molecule has 78 valence electrons. The number of hydrogen-bond donors (Lipinski definition) is 0. The van der Waals surface area contributed by atoms with Crippen LogP contribution in [0.5, 0.6) is 0 Å². The van der Waals surface area contributed by atoms with Gasteiger partial charge in [-0.2, -0.15) is 5.26 Å². The van der Waals surface area contributed by atoms with E-state index < -0.39 is 0 Å². The summed E-state index contributed by atoms with van der Waals surface area (Å²) in [5, 5.41) is 8.92. The minimum Gasteiger partial charge on any atom is -0.465 e. The van der Waals surface area contributed by atoms with E-state index in [-0.39, 0.29) is 5.97 Å². The van der Waals surface area contributed by atoms with Gasteiger partial charge < -0.3 is 4.74 Å². The van der Waals surface area contributed by atoms with Crippen LogP contribution in [-0.4, -0.2) is 13.1 Å². The standard InChI is InChI=1S/C12H13NO2/c1-3-5-10-9(8-13)6-4-7-11(10)12(14)15-2/h4,6-7H,3,5H2,1-2H3. The van der Waals surface area contributed by atoms with Gasteiger partial charge >= 0.3 is 5.97 Å². The first kappa shape index (κ1) is 11.3. The van der Waals surface area contributed by atoms with Crippen molar-refractivity contribution in [3.05, 3.63) is 34.9 Å². The summed E-state index contributed by atoms with van der Waals surface area (Å²) in [6.07, 6.45) is 1.61. The monoisotopic (exact) mass is 203 g/mol. The van der Waals surface area contributed by atoms with Crippen molar-refractivity contribution >= 4 is 5.97 Å². The molecule has 0 N–H and O–H groups in total. The molecule has 1 aromatic carbocycles. The fourth-order valence-corrected chi connectivity index (χ4v) is 1.51. The van der Waals surface area contributed by atoms with E-state index in [1.807, 2.05) is 6.92 Å². The molecule has 0 spiro atoms. The molecular weight excluding hydrogens is 190 g/mol. The van der Waals surface area contributed by atoms with Crippen molar-refractivity contribution in [3.8, 4) is 6.07 Å². The summed E-state index contributed by atoms with van der Waals surface area (Å²) < 4.78 is 4.67.